The van der Waals surface area contributed by atoms with Gasteiger partial charge in [0.25, 0.3) is 0 Å². The van der Waals surface area contributed by atoms with Crippen molar-refractivity contribution < 1.29 is 0 Å². The summed E-state index contributed by atoms with van der Waals surface area (Å²) in [5, 5.41) is 0. The van der Waals surface area contributed by atoms with Crippen molar-refractivity contribution in [3.8, 4) is 0 Å². The van der Waals surface area contributed by atoms with Gasteiger partial charge in [0.15, 0.2) is 0 Å². The summed E-state index contributed by atoms with van der Waals surface area (Å²) in [6.07, 6.45) is 9.30. The molecular weight excluding hydrogens is 244 g/mol. The van der Waals surface area contributed by atoms with E-state index in [4.69, 9.17) is 5.73 Å². The van der Waals surface area contributed by atoms with E-state index < -0.39 is 0 Å². The number of hydrogen-bond donors (Lipinski definition) is 1. The Labute approximate surface area is 121 Å². The molecule has 1 aromatic carbocycles. The first-order valence-corrected chi connectivity index (χ1v) is 7.48. The fraction of sp³-hybridized carbons (Fsp3) is 0.389. The van der Waals surface area contributed by atoms with Crippen molar-refractivity contribution in [2.45, 2.75) is 43.6 Å². The van der Waals surface area contributed by atoms with E-state index in [0.717, 1.165) is 19.3 Å². The molecule has 3 rings (SSSR count). The van der Waals surface area contributed by atoms with Gasteiger partial charge in [-0.2, -0.15) is 0 Å². The van der Waals surface area contributed by atoms with Crippen molar-refractivity contribution in [1.29, 1.82) is 0 Å². The summed E-state index contributed by atoms with van der Waals surface area (Å²) in [5.41, 5.74) is 9.28. The summed E-state index contributed by atoms with van der Waals surface area (Å²) >= 11 is 0. The van der Waals surface area contributed by atoms with Gasteiger partial charge in [0.05, 0.1) is 0 Å². The maximum Gasteiger partial charge on any atom is 0.0300 e. The normalized spacial score (nSPS) is 26.4. The molecule has 0 saturated heterocycles. The van der Waals surface area contributed by atoms with E-state index in [0.29, 0.717) is 5.92 Å². The summed E-state index contributed by atoms with van der Waals surface area (Å²) in [4.78, 5) is 4.19. The number of aromatic nitrogens is 1. The molecule has 20 heavy (non-hydrogen) atoms. The Bertz CT molecular complexity index is 528. The van der Waals surface area contributed by atoms with Gasteiger partial charge in [-0.05, 0) is 55.2 Å². The third-order valence-corrected chi connectivity index (χ3v) is 4.53. The highest BCUT2D eigenvalue weighted by Gasteiger charge is 2.32. The Morgan fingerprint density at radius 2 is 1.80 bits per heavy atom. The fourth-order valence-electron chi connectivity index (χ4n) is 3.34. The molecule has 1 saturated carbocycles. The lowest BCUT2D eigenvalue weighted by Crippen LogP contribution is -2.45. The molecular formula is C18H22N2. The second-order valence-corrected chi connectivity index (χ2v) is 6.09. The lowest BCUT2D eigenvalue weighted by molar-refractivity contribution is 0.270. The van der Waals surface area contributed by atoms with E-state index in [1.165, 1.54) is 24.0 Å². The van der Waals surface area contributed by atoms with E-state index in [2.05, 4.69) is 41.4 Å². The molecule has 2 N–H and O–H groups in total. The molecule has 0 bridgehead atoms. The largest absolute Gasteiger partial charge is 0.325 e. The first-order chi connectivity index (χ1) is 9.75. The maximum atomic E-state index is 6.60. The summed E-state index contributed by atoms with van der Waals surface area (Å²) in [6, 6.07) is 15.0. The molecule has 0 aliphatic heterocycles. The lowest BCUT2D eigenvalue weighted by atomic mass is 9.72. The van der Waals surface area contributed by atoms with Gasteiger partial charge in [0.2, 0.25) is 0 Å². The molecule has 0 spiro atoms. The van der Waals surface area contributed by atoms with Crippen molar-refractivity contribution in [2.24, 2.45) is 5.73 Å². The van der Waals surface area contributed by atoms with Crippen molar-refractivity contribution in [3.05, 3.63) is 66.0 Å². The molecule has 1 fully saturated rings. The molecule has 2 nitrogen and oxygen atoms in total. The van der Waals surface area contributed by atoms with Crippen LogP contribution < -0.4 is 5.73 Å². The average Bonchev–Trinajstić information content (AvgIpc) is 2.50. The van der Waals surface area contributed by atoms with Gasteiger partial charge < -0.3 is 5.73 Å². The summed E-state index contributed by atoms with van der Waals surface area (Å²) in [7, 11) is 0. The highest BCUT2D eigenvalue weighted by Crippen LogP contribution is 2.38. The molecule has 1 aromatic heterocycles. The summed E-state index contributed by atoms with van der Waals surface area (Å²) < 4.78 is 0. The van der Waals surface area contributed by atoms with E-state index in [1.54, 1.807) is 0 Å². The van der Waals surface area contributed by atoms with E-state index in [-0.39, 0.29) is 5.54 Å². The third-order valence-electron chi connectivity index (χ3n) is 4.53. The van der Waals surface area contributed by atoms with Crippen LogP contribution in [0.15, 0.2) is 54.9 Å². The van der Waals surface area contributed by atoms with Gasteiger partial charge >= 0.3 is 0 Å². The van der Waals surface area contributed by atoms with E-state index >= 15 is 0 Å². The molecule has 0 atom stereocenters. The number of benzene rings is 1. The van der Waals surface area contributed by atoms with Crippen LogP contribution in [0.1, 0.15) is 42.7 Å². The molecule has 0 unspecified atom stereocenters. The van der Waals surface area contributed by atoms with Crippen LogP contribution in [0.3, 0.4) is 0 Å². The fourth-order valence-corrected chi connectivity index (χ4v) is 3.34. The molecule has 0 radical (unpaired) electrons. The van der Waals surface area contributed by atoms with E-state index in [1.807, 2.05) is 18.5 Å². The van der Waals surface area contributed by atoms with Gasteiger partial charge in [0, 0.05) is 17.9 Å². The molecule has 2 heteroatoms. The predicted molar refractivity (Wildman–Crippen MR) is 82.5 cm³/mol. The highest BCUT2D eigenvalue weighted by atomic mass is 14.7. The maximum absolute atomic E-state index is 6.60. The minimum Gasteiger partial charge on any atom is -0.325 e. The molecule has 2 aromatic rings. The lowest BCUT2D eigenvalue weighted by Gasteiger charge is -2.37. The molecule has 1 aliphatic carbocycles. The zero-order valence-corrected chi connectivity index (χ0v) is 11.8. The van der Waals surface area contributed by atoms with Gasteiger partial charge in [-0.25, -0.2) is 0 Å². The van der Waals surface area contributed by atoms with Gasteiger partial charge in [0.1, 0.15) is 0 Å². The van der Waals surface area contributed by atoms with Crippen LogP contribution in [-0.2, 0) is 6.42 Å². The van der Waals surface area contributed by atoms with E-state index in [9.17, 15) is 0 Å². The van der Waals surface area contributed by atoms with Crippen LogP contribution in [0.5, 0.6) is 0 Å². The molecule has 1 aliphatic rings. The number of pyridine rings is 1. The summed E-state index contributed by atoms with van der Waals surface area (Å²) in [5.74, 6) is 0.682. The number of rotatable bonds is 3. The zero-order valence-electron chi connectivity index (χ0n) is 11.8. The number of nitrogens with zero attached hydrogens (tertiary/aromatic N) is 1. The minimum absolute atomic E-state index is 0.0473. The van der Waals surface area contributed by atoms with Crippen LogP contribution in [0, 0.1) is 0 Å². The smallest absolute Gasteiger partial charge is 0.0300 e. The number of nitrogens with two attached hydrogens (primary N) is 1. The Morgan fingerprint density at radius 3 is 2.45 bits per heavy atom. The monoisotopic (exact) mass is 266 g/mol. The van der Waals surface area contributed by atoms with Gasteiger partial charge in [-0.15, -0.1) is 0 Å². The Hall–Kier alpha value is -1.67. The molecule has 0 amide bonds. The Balaban J connectivity index is 1.63. The first-order valence-electron chi connectivity index (χ1n) is 7.48. The minimum atomic E-state index is -0.0473. The predicted octanol–water partition coefficient (Wildman–Crippen LogP) is 3.68. The Morgan fingerprint density at radius 1 is 1.05 bits per heavy atom. The van der Waals surface area contributed by atoms with Gasteiger partial charge in [-0.1, -0.05) is 36.4 Å². The quantitative estimate of drug-likeness (QED) is 0.920. The SMILES string of the molecule is NC1(Cc2cccnc2)CCC(c2ccccc2)CC1. The van der Waals surface area contributed by atoms with Crippen molar-refractivity contribution in [3.63, 3.8) is 0 Å². The van der Waals surface area contributed by atoms with Crippen LogP contribution in [0.25, 0.3) is 0 Å². The van der Waals surface area contributed by atoms with Crippen molar-refractivity contribution >= 4 is 0 Å². The van der Waals surface area contributed by atoms with Crippen molar-refractivity contribution in [2.75, 3.05) is 0 Å². The van der Waals surface area contributed by atoms with Crippen LogP contribution >= 0.6 is 0 Å². The second-order valence-electron chi connectivity index (χ2n) is 6.09. The molecule has 104 valence electrons. The highest BCUT2D eigenvalue weighted by molar-refractivity contribution is 5.21. The number of hydrogen-bond acceptors (Lipinski definition) is 2. The summed E-state index contributed by atoms with van der Waals surface area (Å²) in [6.45, 7) is 0. The standard InChI is InChI=1S/C18H22N2/c19-18(13-15-5-4-12-20-14-15)10-8-17(9-11-18)16-6-2-1-3-7-16/h1-7,12,14,17H,8-11,13,19H2. The third kappa shape index (κ3) is 3.07. The van der Waals surface area contributed by atoms with Crippen LogP contribution in [0.4, 0.5) is 0 Å². The second kappa shape index (κ2) is 5.76. The van der Waals surface area contributed by atoms with Crippen molar-refractivity contribution in [1.82, 2.24) is 4.98 Å². The molecule has 1 heterocycles. The van der Waals surface area contributed by atoms with Gasteiger partial charge in [-0.3, -0.25) is 4.98 Å². The zero-order chi connectivity index (χ0) is 13.8. The first kappa shape index (κ1) is 13.3. The van der Waals surface area contributed by atoms with Crippen LogP contribution in [-0.4, -0.2) is 10.5 Å². The topological polar surface area (TPSA) is 38.9 Å². The average molecular weight is 266 g/mol. The Kier molecular flexibility index (Phi) is 3.83. The van der Waals surface area contributed by atoms with Crippen LogP contribution in [0.2, 0.25) is 0 Å².